The Kier molecular flexibility index (Phi) is 6.18. The smallest absolute Gasteiger partial charge is 0.423 e. The van der Waals surface area contributed by atoms with Crippen LogP contribution in [-0.4, -0.2) is 17.2 Å². The van der Waals surface area contributed by atoms with Crippen molar-refractivity contribution in [3.8, 4) is 0 Å². The quantitative estimate of drug-likeness (QED) is 0.608. The highest BCUT2D eigenvalue weighted by Crippen LogP contribution is 2.33. The summed E-state index contributed by atoms with van der Waals surface area (Å²) >= 11 is 0. The lowest BCUT2D eigenvalue weighted by atomic mass is 9.80. The average molecular weight is 319 g/mol. The number of benzene rings is 2. The minimum absolute atomic E-state index is 0.454. The van der Waals surface area contributed by atoms with E-state index < -0.39 is 7.12 Å². The van der Waals surface area contributed by atoms with Gasteiger partial charge in [-0.05, 0) is 47.8 Å². The largest absolute Gasteiger partial charge is 0.488 e. The maximum absolute atomic E-state index is 9.29. The Morgan fingerprint density at radius 3 is 2.29 bits per heavy atom. The first-order valence-corrected chi connectivity index (χ1v) is 7.91. The molecule has 0 radical (unpaired) electrons. The molecule has 3 nitrogen and oxygen atoms in total. The maximum atomic E-state index is 9.29. The molecule has 0 fully saturated rings. The van der Waals surface area contributed by atoms with Crippen LogP contribution >= 0.6 is 0 Å². The molecule has 0 unspecified atom stereocenters. The molecule has 2 aromatic rings. The zero-order chi connectivity index (χ0) is 17.5. The molecule has 0 aromatic heterocycles. The van der Waals surface area contributed by atoms with Gasteiger partial charge >= 0.3 is 7.12 Å². The minimum Gasteiger partial charge on any atom is -0.423 e. The molecule has 0 spiro atoms. The normalized spacial score (nSPS) is 11.0. The van der Waals surface area contributed by atoms with Crippen LogP contribution in [0, 0.1) is 0 Å². The number of allylic oxidation sites excluding steroid dienone is 3. The van der Waals surface area contributed by atoms with Crippen LogP contribution in [-0.2, 0) is 6.42 Å². The highest BCUT2D eigenvalue weighted by molar-refractivity contribution is 6.58. The van der Waals surface area contributed by atoms with E-state index in [9.17, 15) is 10.0 Å². The summed E-state index contributed by atoms with van der Waals surface area (Å²) in [6.07, 6.45) is 6.31. The van der Waals surface area contributed by atoms with E-state index in [4.69, 9.17) is 0 Å². The fourth-order valence-electron chi connectivity index (χ4n) is 2.61. The second-order valence-corrected chi connectivity index (χ2v) is 5.31. The van der Waals surface area contributed by atoms with Crippen LogP contribution in [0.15, 0.2) is 85.6 Å². The van der Waals surface area contributed by atoms with E-state index in [1.54, 1.807) is 24.3 Å². The standard InChI is InChI=1S/C20H22BNO2/c1-4-9-18(6-3)22(20-11-8-7-10-16(20)5-2)19-14-12-17(13-15-19)21(23)24/h4,6-15,23-24H,1,3,5H2,2H3/b18-9+. The summed E-state index contributed by atoms with van der Waals surface area (Å²) < 4.78 is 0. The van der Waals surface area contributed by atoms with Crippen LogP contribution in [0.25, 0.3) is 0 Å². The van der Waals surface area contributed by atoms with Crippen LogP contribution in [0.2, 0.25) is 0 Å². The molecule has 2 rings (SSSR count). The molecule has 0 amide bonds. The zero-order valence-corrected chi connectivity index (χ0v) is 13.9. The third kappa shape index (κ3) is 3.85. The summed E-state index contributed by atoms with van der Waals surface area (Å²) in [5.74, 6) is 0. The molecule has 0 heterocycles. The third-order valence-electron chi connectivity index (χ3n) is 3.82. The zero-order valence-electron chi connectivity index (χ0n) is 13.9. The molecular formula is C20H22BNO2. The number of aryl methyl sites for hydroxylation is 1. The summed E-state index contributed by atoms with van der Waals surface area (Å²) in [5, 5.41) is 18.6. The van der Waals surface area contributed by atoms with Gasteiger partial charge in [-0.15, -0.1) is 0 Å². The highest BCUT2D eigenvalue weighted by atomic mass is 16.4. The lowest BCUT2D eigenvalue weighted by Crippen LogP contribution is -2.29. The molecule has 4 heteroatoms. The molecule has 122 valence electrons. The Morgan fingerprint density at radius 1 is 1.08 bits per heavy atom. The third-order valence-corrected chi connectivity index (χ3v) is 3.82. The Labute approximate surface area is 144 Å². The monoisotopic (exact) mass is 319 g/mol. The lowest BCUT2D eigenvalue weighted by molar-refractivity contribution is 0.426. The molecule has 0 saturated heterocycles. The van der Waals surface area contributed by atoms with Gasteiger partial charge in [-0.1, -0.05) is 56.5 Å². The van der Waals surface area contributed by atoms with E-state index in [0.717, 1.165) is 23.5 Å². The van der Waals surface area contributed by atoms with E-state index in [1.807, 2.05) is 30.3 Å². The van der Waals surface area contributed by atoms with Gasteiger partial charge in [0.1, 0.15) is 0 Å². The van der Waals surface area contributed by atoms with Crippen LogP contribution in [0.5, 0.6) is 0 Å². The number of hydrogen-bond donors (Lipinski definition) is 2. The van der Waals surface area contributed by atoms with Crippen LogP contribution in [0.1, 0.15) is 12.5 Å². The molecule has 0 aliphatic carbocycles. The first kappa shape index (κ1) is 17.8. The van der Waals surface area contributed by atoms with Crippen molar-refractivity contribution in [3.63, 3.8) is 0 Å². The Balaban J connectivity index is 2.60. The summed E-state index contributed by atoms with van der Waals surface area (Å²) in [6, 6.07) is 15.3. The van der Waals surface area contributed by atoms with Crippen molar-refractivity contribution >= 4 is 24.0 Å². The topological polar surface area (TPSA) is 43.7 Å². The first-order chi connectivity index (χ1) is 11.6. The van der Waals surface area contributed by atoms with E-state index in [-0.39, 0.29) is 0 Å². The molecule has 2 aromatic carbocycles. The van der Waals surface area contributed by atoms with Crippen molar-refractivity contribution in [3.05, 3.63) is 91.2 Å². The van der Waals surface area contributed by atoms with E-state index in [1.165, 1.54) is 5.56 Å². The Bertz CT molecular complexity index is 736. The second kappa shape index (κ2) is 8.34. The van der Waals surface area contributed by atoms with E-state index in [2.05, 4.69) is 37.1 Å². The summed E-state index contributed by atoms with van der Waals surface area (Å²) in [5.41, 5.74) is 4.53. The molecular weight excluding hydrogens is 297 g/mol. The SMILES string of the molecule is C=C/C=C(\C=C)N(c1ccc(B(O)O)cc1)c1ccccc1CC. The summed E-state index contributed by atoms with van der Waals surface area (Å²) in [4.78, 5) is 2.08. The highest BCUT2D eigenvalue weighted by Gasteiger charge is 2.17. The van der Waals surface area contributed by atoms with Gasteiger partial charge in [0.2, 0.25) is 0 Å². The maximum Gasteiger partial charge on any atom is 0.488 e. The van der Waals surface area contributed by atoms with Gasteiger partial charge in [0.25, 0.3) is 0 Å². The molecule has 24 heavy (non-hydrogen) atoms. The van der Waals surface area contributed by atoms with Gasteiger partial charge in [0, 0.05) is 17.1 Å². The predicted octanol–water partition coefficient (Wildman–Crippen LogP) is 3.32. The van der Waals surface area contributed by atoms with E-state index in [0.29, 0.717) is 5.46 Å². The van der Waals surface area contributed by atoms with Crippen molar-refractivity contribution in [1.82, 2.24) is 0 Å². The number of para-hydroxylation sites is 1. The molecule has 0 aliphatic rings. The van der Waals surface area contributed by atoms with Crippen molar-refractivity contribution in [1.29, 1.82) is 0 Å². The van der Waals surface area contributed by atoms with Gasteiger partial charge in [-0.3, -0.25) is 0 Å². The first-order valence-electron chi connectivity index (χ1n) is 7.91. The number of anilines is 2. The van der Waals surface area contributed by atoms with Crippen molar-refractivity contribution in [2.45, 2.75) is 13.3 Å². The van der Waals surface area contributed by atoms with Crippen LogP contribution in [0.4, 0.5) is 11.4 Å². The lowest BCUT2D eigenvalue weighted by Gasteiger charge is -2.28. The number of nitrogens with zero attached hydrogens (tertiary/aromatic N) is 1. The fraction of sp³-hybridized carbons (Fsp3) is 0.100. The molecule has 2 N–H and O–H groups in total. The Hall–Kier alpha value is -2.56. The van der Waals surface area contributed by atoms with Gasteiger partial charge < -0.3 is 14.9 Å². The minimum atomic E-state index is -1.47. The van der Waals surface area contributed by atoms with Gasteiger partial charge in [-0.25, -0.2) is 0 Å². The van der Waals surface area contributed by atoms with Crippen molar-refractivity contribution in [2.75, 3.05) is 4.90 Å². The summed E-state index contributed by atoms with van der Waals surface area (Å²) in [6.45, 7) is 9.81. The van der Waals surface area contributed by atoms with Gasteiger partial charge in [-0.2, -0.15) is 0 Å². The number of rotatable bonds is 7. The van der Waals surface area contributed by atoms with Crippen molar-refractivity contribution in [2.24, 2.45) is 0 Å². The summed E-state index contributed by atoms with van der Waals surface area (Å²) in [7, 11) is -1.47. The van der Waals surface area contributed by atoms with Gasteiger partial charge in [0.15, 0.2) is 0 Å². The second-order valence-electron chi connectivity index (χ2n) is 5.31. The van der Waals surface area contributed by atoms with Crippen molar-refractivity contribution < 1.29 is 10.0 Å². The Morgan fingerprint density at radius 2 is 1.75 bits per heavy atom. The molecule has 0 saturated carbocycles. The molecule has 0 bridgehead atoms. The number of hydrogen-bond acceptors (Lipinski definition) is 3. The van der Waals surface area contributed by atoms with Gasteiger partial charge in [0.05, 0.1) is 0 Å². The van der Waals surface area contributed by atoms with E-state index >= 15 is 0 Å². The van der Waals surface area contributed by atoms with Crippen LogP contribution < -0.4 is 10.4 Å². The fourth-order valence-corrected chi connectivity index (χ4v) is 2.61. The predicted molar refractivity (Wildman–Crippen MR) is 103 cm³/mol. The van der Waals surface area contributed by atoms with Crippen LogP contribution in [0.3, 0.4) is 0 Å². The molecule has 0 atom stereocenters. The molecule has 0 aliphatic heterocycles. The average Bonchev–Trinajstić information content (AvgIpc) is 2.62.